The Morgan fingerprint density at radius 2 is 2.21 bits per heavy atom. The molecule has 0 saturated heterocycles. The largest absolute Gasteiger partial charge is 0.492 e. The number of halogens is 2. The van der Waals surface area contributed by atoms with Gasteiger partial charge in [0, 0.05) is 23.4 Å². The molecule has 0 atom stereocenters. The van der Waals surface area contributed by atoms with Gasteiger partial charge in [0.25, 0.3) is 0 Å². The molecule has 0 heterocycles. The van der Waals surface area contributed by atoms with Gasteiger partial charge in [-0.25, -0.2) is 0 Å². The SMILES string of the molecule is ClCCNCCOc1cccc(Br)c1. The quantitative estimate of drug-likeness (QED) is 0.638. The van der Waals surface area contributed by atoms with Gasteiger partial charge in [-0.1, -0.05) is 22.0 Å². The van der Waals surface area contributed by atoms with Gasteiger partial charge in [0.15, 0.2) is 0 Å². The van der Waals surface area contributed by atoms with Gasteiger partial charge in [-0.3, -0.25) is 0 Å². The van der Waals surface area contributed by atoms with E-state index in [0.717, 1.165) is 23.3 Å². The van der Waals surface area contributed by atoms with Crippen molar-refractivity contribution in [3.05, 3.63) is 28.7 Å². The molecule has 0 aliphatic rings. The van der Waals surface area contributed by atoms with Crippen molar-refractivity contribution in [3.63, 3.8) is 0 Å². The summed E-state index contributed by atoms with van der Waals surface area (Å²) in [5.41, 5.74) is 0. The first-order valence-electron chi connectivity index (χ1n) is 4.48. The van der Waals surface area contributed by atoms with Crippen LogP contribution < -0.4 is 10.1 Å². The summed E-state index contributed by atoms with van der Waals surface area (Å²) in [4.78, 5) is 0. The highest BCUT2D eigenvalue weighted by atomic mass is 79.9. The molecule has 0 bridgehead atoms. The summed E-state index contributed by atoms with van der Waals surface area (Å²) < 4.78 is 6.53. The average molecular weight is 279 g/mol. The standard InChI is InChI=1S/C10H13BrClNO/c11-9-2-1-3-10(8-9)14-7-6-13-5-4-12/h1-3,8,13H,4-7H2. The molecule has 1 N–H and O–H groups in total. The van der Waals surface area contributed by atoms with Crippen LogP contribution in [0.15, 0.2) is 28.7 Å². The summed E-state index contributed by atoms with van der Waals surface area (Å²) in [6, 6.07) is 7.80. The van der Waals surface area contributed by atoms with E-state index in [9.17, 15) is 0 Å². The third-order valence-electron chi connectivity index (χ3n) is 1.61. The molecule has 14 heavy (non-hydrogen) atoms. The first-order valence-corrected chi connectivity index (χ1v) is 5.81. The van der Waals surface area contributed by atoms with Crippen LogP contribution >= 0.6 is 27.5 Å². The van der Waals surface area contributed by atoms with Crippen molar-refractivity contribution < 1.29 is 4.74 Å². The Bertz CT molecular complexity index is 270. The van der Waals surface area contributed by atoms with Gasteiger partial charge in [0.2, 0.25) is 0 Å². The van der Waals surface area contributed by atoms with Crippen LogP contribution in [0.2, 0.25) is 0 Å². The van der Waals surface area contributed by atoms with Gasteiger partial charge < -0.3 is 10.1 Å². The maximum atomic E-state index is 5.51. The second-order valence-electron chi connectivity index (χ2n) is 2.74. The molecule has 0 spiro atoms. The third kappa shape index (κ3) is 4.84. The number of rotatable bonds is 6. The van der Waals surface area contributed by atoms with Crippen molar-refractivity contribution in [2.45, 2.75) is 0 Å². The van der Waals surface area contributed by atoms with Gasteiger partial charge in [-0.05, 0) is 18.2 Å². The Hall–Kier alpha value is -0.250. The number of hydrogen-bond acceptors (Lipinski definition) is 2. The molecule has 0 radical (unpaired) electrons. The van der Waals surface area contributed by atoms with Gasteiger partial charge >= 0.3 is 0 Å². The first-order chi connectivity index (χ1) is 6.83. The smallest absolute Gasteiger partial charge is 0.120 e. The number of alkyl halides is 1. The van der Waals surface area contributed by atoms with Crippen LogP contribution in [0, 0.1) is 0 Å². The summed E-state index contributed by atoms with van der Waals surface area (Å²) in [6.45, 7) is 2.30. The van der Waals surface area contributed by atoms with Gasteiger partial charge in [0.1, 0.15) is 12.4 Å². The Morgan fingerprint density at radius 1 is 1.36 bits per heavy atom. The fourth-order valence-corrected chi connectivity index (χ4v) is 1.50. The molecule has 78 valence electrons. The average Bonchev–Trinajstić information content (AvgIpc) is 2.18. The van der Waals surface area contributed by atoms with E-state index in [2.05, 4.69) is 21.2 Å². The molecule has 1 rings (SSSR count). The topological polar surface area (TPSA) is 21.3 Å². The zero-order valence-electron chi connectivity index (χ0n) is 7.80. The van der Waals surface area contributed by atoms with Gasteiger partial charge in [-0.2, -0.15) is 0 Å². The van der Waals surface area contributed by atoms with Crippen LogP contribution in [-0.2, 0) is 0 Å². The first kappa shape index (κ1) is 11.8. The van der Waals surface area contributed by atoms with E-state index in [4.69, 9.17) is 16.3 Å². The predicted octanol–water partition coefficient (Wildman–Crippen LogP) is 2.66. The molecule has 0 aromatic heterocycles. The number of ether oxygens (including phenoxy) is 1. The Balaban J connectivity index is 2.18. The zero-order chi connectivity index (χ0) is 10.2. The maximum absolute atomic E-state index is 5.51. The number of nitrogens with one attached hydrogen (secondary N) is 1. The van der Waals surface area contributed by atoms with E-state index >= 15 is 0 Å². The summed E-state index contributed by atoms with van der Waals surface area (Å²) in [5, 5.41) is 3.15. The van der Waals surface area contributed by atoms with Crippen molar-refractivity contribution in [1.29, 1.82) is 0 Å². The van der Waals surface area contributed by atoms with E-state index in [1.54, 1.807) is 0 Å². The molecule has 1 aromatic rings. The second kappa shape index (κ2) is 7.10. The summed E-state index contributed by atoms with van der Waals surface area (Å²) in [5.74, 6) is 1.52. The van der Waals surface area contributed by atoms with Crippen LogP contribution in [0.25, 0.3) is 0 Å². The van der Waals surface area contributed by atoms with E-state index in [0.29, 0.717) is 12.5 Å². The predicted molar refractivity (Wildman–Crippen MR) is 63.2 cm³/mol. The highest BCUT2D eigenvalue weighted by molar-refractivity contribution is 9.10. The monoisotopic (exact) mass is 277 g/mol. The van der Waals surface area contributed by atoms with E-state index < -0.39 is 0 Å². The third-order valence-corrected chi connectivity index (χ3v) is 2.30. The van der Waals surface area contributed by atoms with Crippen molar-refractivity contribution in [2.75, 3.05) is 25.6 Å². The van der Waals surface area contributed by atoms with Crippen LogP contribution in [0.4, 0.5) is 0 Å². The normalized spacial score (nSPS) is 10.1. The summed E-state index contributed by atoms with van der Waals surface area (Å²) in [6.07, 6.45) is 0. The van der Waals surface area contributed by atoms with Crippen LogP contribution in [0.1, 0.15) is 0 Å². The lowest BCUT2D eigenvalue weighted by atomic mass is 10.3. The van der Waals surface area contributed by atoms with E-state index in [1.807, 2.05) is 24.3 Å². The minimum Gasteiger partial charge on any atom is -0.492 e. The van der Waals surface area contributed by atoms with E-state index in [1.165, 1.54) is 0 Å². The molecule has 0 aliphatic heterocycles. The van der Waals surface area contributed by atoms with Crippen LogP contribution in [0.3, 0.4) is 0 Å². The maximum Gasteiger partial charge on any atom is 0.120 e. The Kier molecular flexibility index (Phi) is 5.99. The lowest BCUT2D eigenvalue weighted by Crippen LogP contribution is -2.22. The molecule has 0 unspecified atom stereocenters. The van der Waals surface area contributed by atoms with Crippen LogP contribution in [0.5, 0.6) is 5.75 Å². The zero-order valence-corrected chi connectivity index (χ0v) is 10.1. The fraction of sp³-hybridized carbons (Fsp3) is 0.400. The highest BCUT2D eigenvalue weighted by Crippen LogP contribution is 2.17. The number of hydrogen-bond donors (Lipinski definition) is 1. The summed E-state index contributed by atoms with van der Waals surface area (Å²) >= 11 is 8.89. The van der Waals surface area contributed by atoms with Gasteiger partial charge in [-0.15, -0.1) is 11.6 Å². The van der Waals surface area contributed by atoms with Gasteiger partial charge in [0.05, 0.1) is 0 Å². The molecular formula is C10H13BrClNO. The second-order valence-corrected chi connectivity index (χ2v) is 4.04. The Morgan fingerprint density at radius 3 is 2.93 bits per heavy atom. The molecule has 0 fully saturated rings. The molecule has 2 nitrogen and oxygen atoms in total. The van der Waals surface area contributed by atoms with Crippen LogP contribution in [-0.4, -0.2) is 25.6 Å². The molecule has 1 aromatic carbocycles. The highest BCUT2D eigenvalue weighted by Gasteiger charge is 1.93. The Labute approximate surface area is 97.7 Å². The minimum atomic E-state index is 0.636. The fourth-order valence-electron chi connectivity index (χ4n) is 0.990. The molecule has 0 amide bonds. The minimum absolute atomic E-state index is 0.636. The number of benzene rings is 1. The van der Waals surface area contributed by atoms with Crippen molar-refractivity contribution >= 4 is 27.5 Å². The molecule has 4 heteroatoms. The van der Waals surface area contributed by atoms with Crippen molar-refractivity contribution in [2.24, 2.45) is 0 Å². The molecule has 0 aliphatic carbocycles. The van der Waals surface area contributed by atoms with Crippen molar-refractivity contribution in [3.8, 4) is 5.75 Å². The lowest BCUT2D eigenvalue weighted by Gasteiger charge is -2.06. The molecular weight excluding hydrogens is 265 g/mol. The van der Waals surface area contributed by atoms with Crippen molar-refractivity contribution in [1.82, 2.24) is 5.32 Å². The lowest BCUT2D eigenvalue weighted by molar-refractivity contribution is 0.315. The summed E-state index contributed by atoms with van der Waals surface area (Å²) in [7, 11) is 0. The van der Waals surface area contributed by atoms with E-state index in [-0.39, 0.29) is 0 Å². The molecule has 0 saturated carbocycles.